The van der Waals surface area contributed by atoms with Gasteiger partial charge in [0.15, 0.2) is 0 Å². The summed E-state index contributed by atoms with van der Waals surface area (Å²) >= 11 is 0. The molecule has 1 heterocycles. The average molecular weight is 293 g/mol. The summed E-state index contributed by atoms with van der Waals surface area (Å²) < 4.78 is 0. The van der Waals surface area contributed by atoms with Gasteiger partial charge in [0.25, 0.3) is 0 Å². The van der Waals surface area contributed by atoms with Gasteiger partial charge in [-0.15, -0.1) is 0 Å². The zero-order chi connectivity index (χ0) is 15.9. The first kappa shape index (κ1) is 14.2. The smallest absolute Gasteiger partial charge is 0.221 e. The van der Waals surface area contributed by atoms with E-state index in [4.69, 9.17) is 5.73 Å². The Morgan fingerprint density at radius 3 is 2.68 bits per heavy atom. The van der Waals surface area contributed by atoms with E-state index in [0.29, 0.717) is 11.4 Å². The number of hydrogen-bond acceptors (Lipinski definition) is 2. The number of aromatic amines is 1. The normalized spacial score (nSPS) is 10.9. The Morgan fingerprint density at radius 2 is 1.95 bits per heavy atom. The van der Waals surface area contributed by atoms with E-state index < -0.39 is 0 Å². The summed E-state index contributed by atoms with van der Waals surface area (Å²) in [6.07, 6.45) is 0. The number of benzene rings is 2. The summed E-state index contributed by atoms with van der Waals surface area (Å²) in [7, 11) is 0. The number of nitrogen functional groups attached to an aromatic ring is 1. The highest BCUT2D eigenvalue weighted by Crippen LogP contribution is 2.36. The topological polar surface area (TPSA) is 70.9 Å². The van der Waals surface area contributed by atoms with Gasteiger partial charge in [0.05, 0.1) is 17.1 Å². The molecule has 2 aromatic carbocycles. The average Bonchev–Trinajstić information content (AvgIpc) is 2.77. The van der Waals surface area contributed by atoms with Crippen molar-refractivity contribution in [1.29, 1.82) is 0 Å². The van der Waals surface area contributed by atoms with Crippen molar-refractivity contribution in [2.45, 2.75) is 20.8 Å². The van der Waals surface area contributed by atoms with Gasteiger partial charge >= 0.3 is 0 Å². The molecule has 0 aliphatic rings. The second kappa shape index (κ2) is 5.22. The number of fused-ring (bicyclic) bond motifs is 1. The van der Waals surface area contributed by atoms with Crippen molar-refractivity contribution in [2.75, 3.05) is 11.1 Å². The van der Waals surface area contributed by atoms with E-state index in [2.05, 4.69) is 42.3 Å². The molecule has 0 aliphatic heterocycles. The molecule has 4 nitrogen and oxygen atoms in total. The lowest BCUT2D eigenvalue weighted by molar-refractivity contribution is -0.114. The zero-order valence-corrected chi connectivity index (χ0v) is 12.9. The fourth-order valence-electron chi connectivity index (χ4n) is 2.80. The van der Waals surface area contributed by atoms with Crippen LogP contribution in [0.5, 0.6) is 0 Å². The molecular weight excluding hydrogens is 274 g/mol. The van der Waals surface area contributed by atoms with Gasteiger partial charge in [-0.1, -0.05) is 24.3 Å². The summed E-state index contributed by atoms with van der Waals surface area (Å²) in [5.74, 6) is -0.132. The Kier molecular flexibility index (Phi) is 3.37. The van der Waals surface area contributed by atoms with E-state index in [-0.39, 0.29) is 5.91 Å². The number of hydrogen-bond donors (Lipinski definition) is 3. The van der Waals surface area contributed by atoms with Crippen LogP contribution in [0, 0.1) is 13.8 Å². The Balaban J connectivity index is 2.19. The predicted molar refractivity (Wildman–Crippen MR) is 91.9 cm³/mol. The van der Waals surface area contributed by atoms with Crippen LogP contribution in [0.15, 0.2) is 36.4 Å². The fourth-order valence-corrected chi connectivity index (χ4v) is 2.80. The fraction of sp³-hybridized carbons (Fsp3) is 0.167. The molecule has 112 valence electrons. The van der Waals surface area contributed by atoms with Crippen LogP contribution in [0.3, 0.4) is 0 Å². The van der Waals surface area contributed by atoms with Gasteiger partial charge < -0.3 is 16.0 Å². The first-order valence-electron chi connectivity index (χ1n) is 7.22. The van der Waals surface area contributed by atoms with Gasteiger partial charge in [-0.3, -0.25) is 4.79 Å². The molecule has 3 aromatic rings. The van der Waals surface area contributed by atoms with Gasteiger partial charge in [-0.2, -0.15) is 0 Å². The van der Waals surface area contributed by atoms with Crippen molar-refractivity contribution in [3.63, 3.8) is 0 Å². The quantitative estimate of drug-likeness (QED) is 0.625. The van der Waals surface area contributed by atoms with E-state index in [9.17, 15) is 4.79 Å². The van der Waals surface area contributed by atoms with Crippen molar-refractivity contribution < 1.29 is 4.79 Å². The minimum Gasteiger partial charge on any atom is -0.396 e. The molecule has 22 heavy (non-hydrogen) atoms. The van der Waals surface area contributed by atoms with Crippen LogP contribution in [0.25, 0.3) is 22.2 Å². The number of nitrogens with two attached hydrogens (primary N) is 1. The Morgan fingerprint density at radius 1 is 1.18 bits per heavy atom. The lowest BCUT2D eigenvalue weighted by atomic mass is 10.0. The van der Waals surface area contributed by atoms with Crippen molar-refractivity contribution in [3.8, 4) is 11.3 Å². The van der Waals surface area contributed by atoms with Crippen LogP contribution in [0.1, 0.15) is 18.1 Å². The standard InChI is InChI=1S/C18H19N3O/c1-10-7-8-13-11(2)18(21-16(13)9-10)14-5-4-6-15(17(14)19)20-12(3)22/h4-9,21H,19H2,1-3H3,(H,20,22). The second-order valence-corrected chi connectivity index (χ2v) is 5.62. The van der Waals surface area contributed by atoms with Gasteiger partial charge in [0, 0.05) is 23.4 Å². The maximum absolute atomic E-state index is 11.3. The molecule has 1 aromatic heterocycles. The number of amides is 1. The first-order chi connectivity index (χ1) is 10.5. The van der Waals surface area contributed by atoms with Gasteiger partial charge in [-0.25, -0.2) is 0 Å². The molecule has 0 saturated carbocycles. The minimum absolute atomic E-state index is 0.132. The Labute approximate surface area is 129 Å². The van der Waals surface area contributed by atoms with Gasteiger partial charge in [0.1, 0.15) is 0 Å². The molecule has 0 atom stereocenters. The third-order valence-corrected chi connectivity index (χ3v) is 3.90. The molecule has 3 rings (SSSR count). The van der Waals surface area contributed by atoms with E-state index >= 15 is 0 Å². The molecule has 0 fully saturated rings. The summed E-state index contributed by atoms with van der Waals surface area (Å²) in [4.78, 5) is 14.7. The first-order valence-corrected chi connectivity index (χ1v) is 7.22. The Hall–Kier alpha value is -2.75. The number of aryl methyl sites for hydroxylation is 2. The van der Waals surface area contributed by atoms with Crippen LogP contribution >= 0.6 is 0 Å². The number of para-hydroxylation sites is 1. The number of anilines is 2. The molecule has 4 N–H and O–H groups in total. The highest BCUT2D eigenvalue weighted by atomic mass is 16.1. The van der Waals surface area contributed by atoms with Gasteiger partial charge in [-0.05, 0) is 37.1 Å². The summed E-state index contributed by atoms with van der Waals surface area (Å²) in [6.45, 7) is 5.62. The number of aromatic nitrogens is 1. The molecule has 4 heteroatoms. The molecule has 0 unspecified atom stereocenters. The largest absolute Gasteiger partial charge is 0.396 e. The number of nitrogens with one attached hydrogen (secondary N) is 2. The minimum atomic E-state index is -0.132. The number of carbonyl (C=O) groups is 1. The molecular formula is C18H19N3O. The molecule has 0 aliphatic carbocycles. The van der Waals surface area contributed by atoms with Crippen molar-refractivity contribution >= 4 is 28.2 Å². The van der Waals surface area contributed by atoms with E-state index in [1.165, 1.54) is 17.9 Å². The van der Waals surface area contributed by atoms with Crippen molar-refractivity contribution in [2.24, 2.45) is 0 Å². The van der Waals surface area contributed by atoms with E-state index in [0.717, 1.165) is 22.3 Å². The van der Waals surface area contributed by atoms with Crippen LogP contribution in [0.2, 0.25) is 0 Å². The van der Waals surface area contributed by atoms with E-state index in [1.807, 2.05) is 18.2 Å². The van der Waals surface area contributed by atoms with Crippen LogP contribution < -0.4 is 11.1 Å². The van der Waals surface area contributed by atoms with Crippen LogP contribution in [-0.4, -0.2) is 10.9 Å². The lowest BCUT2D eigenvalue weighted by Gasteiger charge is -2.11. The Bertz CT molecular complexity index is 877. The van der Waals surface area contributed by atoms with Crippen molar-refractivity contribution in [3.05, 3.63) is 47.5 Å². The summed E-state index contributed by atoms with van der Waals surface area (Å²) in [6, 6.07) is 12.0. The molecule has 0 saturated heterocycles. The zero-order valence-electron chi connectivity index (χ0n) is 12.9. The van der Waals surface area contributed by atoms with Crippen molar-refractivity contribution in [1.82, 2.24) is 4.98 Å². The molecule has 0 bridgehead atoms. The maximum Gasteiger partial charge on any atom is 0.221 e. The monoisotopic (exact) mass is 293 g/mol. The maximum atomic E-state index is 11.3. The van der Waals surface area contributed by atoms with E-state index in [1.54, 1.807) is 0 Å². The highest BCUT2D eigenvalue weighted by Gasteiger charge is 2.14. The SMILES string of the molecule is CC(=O)Nc1cccc(-c2[nH]c3cc(C)ccc3c2C)c1N. The number of carbonyl (C=O) groups excluding carboxylic acids is 1. The molecule has 0 radical (unpaired) electrons. The highest BCUT2D eigenvalue weighted by molar-refractivity contribution is 5.98. The van der Waals surface area contributed by atoms with Gasteiger partial charge in [0.2, 0.25) is 5.91 Å². The third kappa shape index (κ3) is 2.33. The summed E-state index contributed by atoms with van der Waals surface area (Å²) in [5, 5.41) is 3.95. The molecule has 1 amide bonds. The lowest BCUT2D eigenvalue weighted by Crippen LogP contribution is -2.08. The second-order valence-electron chi connectivity index (χ2n) is 5.62. The predicted octanol–water partition coefficient (Wildman–Crippen LogP) is 3.99. The van der Waals surface area contributed by atoms with Crippen LogP contribution in [0.4, 0.5) is 11.4 Å². The molecule has 0 spiro atoms. The summed E-state index contributed by atoms with van der Waals surface area (Å²) in [5.41, 5.74) is 12.8. The third-order valence-electron chi connectivity index (χ3n) is 3.90. The number of H-pyrrole nitrogens is 1. The number of rotatable bonds is 2. The van der Waals surface area contributed by atoms with Crippen LogP contribution in [-0.2, 0) is 4.79 Å².